The van der Waals surface area contributed by atoms with Crippen LogP contribution in [-0.4, -0.2) is 73.0 Å². The Hall–Kier alpha value is -5.40. The number of methoxy groups -OCH3 is 1. The van der Waals surface area contributed by atoms with E-state index in [2.05, 4.69) is 15.4 Å². The molecule has 0 aliphatic heterocycles. The number of ether oxygens (including phenoxy) is 1. The molecule has 0 radical (unpaired) electrons. The molecule has 50 heavy (non-hydrogen) atoms. The second kappa shape index (κ2) is 17.3. The summed E-state index contributed by atoms with van der Waals surface area (Å²) in [5.74, 6) is -0.934. The zero-order valence-corrected chi connectivity index (χ0v) is 28.9. The lowest BCUT2D eigenvalue weighted by Crippen LogP contribution is -2.50. The number of aliphatic hydroxyl groups is 1. The van der Waals surface area contributed by atoms with Gasteiger partial charge in [-0.1, -0.05) is 72.8 Å². The van der Waals surface area contributed by atoms with E-state index in [1.807, 2.05) is 48.5 Å². The van der Waals surface area contributed by atoms with Gasteiger partial charge in [-0.3, -0.25) is 14.3 Å². The first-order valence-corrected chi connectivity index (χ1v) is 17.7. The van der Waals surface area contributed by atoms with Gasteiger partial charge in [-0.25, -0.2) is 13.2 Å². The van der Waals surface area contributed by atoms with Gasteiger partial charge in [0.2, 0.25) is 10.0 Å². The zero-order chi connectivity index (χ0) is 36.3. The van der Waals surface area contributed by atoms with Crippen molar-refractivity contribution in [2.45, 2.75) is 45.0 Å². The summed E-state index contributed by atoms with van der Waals surface area (Å²) in [4.78, 5) is 40.6. The molecule has 4 aromatic rings. The van der Waals surface area contributed by atoms with E-state index in [-0.39, 0.29) is 42.1 Å². The summed E-state index contributed by atoms with van der Waals surface area (Å²) in [7, 11) is -2.27. The Labute approximate surface area is 292 Å². The number of anilines is 1. The van der Waals surface area contributed by atoms with Crippen LogP contribution in [0.15, 0.2) is 103 Å². The van der Waals surface area contributed by atoms with E-state index in [1.54, 1.807) is 43.3 Å². The minimum Gasteiger partial charge on any atom is -0.497 e. The Bertz CT molecular complexity index is 1870. The fourth-order valence-corrected chi connectivity index (χ4v) is 5.88. The highest BCUT2D eigenvalue weighted by Crippen LogP contribution is 2.21. The molecule has 0 aliphatic rings. The molecule has 3 amide bonds. The summed E-state index contributed by atoms with van der Waals surface area (Å²) in [6.45, 7) is 2.87. The Morgan fingerprint density at radius 2 is 1.42 bits per heavy atom. The Kier molecular flexibility index (Phi) is 13.0. The van der Waals surface area contributed by atoms with E-state index >= 15 is 0 Å². The van der Waals surface area contributed by atoms with Gasteiger partial charge in [0.25, 0.3) is 11.8 Å². The molecule has 5 N–H and O–H groups in total. The number of hydrogen-bond donors (Lipinski definition) is 5. The molecule has 0 saturated heterocycles. The number of benzene rings is 4. The number of carbonyl (C=O) groups is 3. The molecule has 0 saturated carbocycles. The molecule has 4 rings (SSSR count). The number of hydrogen-bond acceptors (Lipinski definition) is 7. The molecule has 0 spiro atoms. The minimum absolute atomic E-state index is 0.00696. The molecular weight excluding hydrogens is 660 g/mol. The van der Waals surface area contributed by atoms with Gasteiger partial charge < -0.3 is 30.5 Å². The minimum atomic E-state index is -3.78. The van der Waals surface area contributed by atoms with Crippen LogP contribution in [0.4, 0.5) is 10.5 Å². The van der Waals surface area contributed by atoms with Crippen LogP contribution < -0.4 is 20.1 Å². The van der Waals surface area contributed by atoms with Gasteiger partial charge in [-0.05, 0) is 67.3 Å². The predicted molar refractivity (Wildman–Crippen MR) is 191 cm³/mol. The van der Waals surface area contributed by atoms with Crippen molar-refractivity contribution in [2.75, 3.05) is 24.1 Å². The number of nitrogens with one attached hydrogen (secondary N) is 3. The fourth-order valence-electron chi connectivity index (χ4n) is 5.26. The molecular formula is C37H42N4O8S. The molecule has 0 heterocycles. The number of carboxylic acid groups (broad SMARTS) is 1. The summed E-state index contributed by atoms with van der Waals surface area (Å²) in [6, 6.07) is 27.8. The third-order valence-corrected chi connectivity index (χ3v) is 9.33. The van der Waals surface area contributed by atoms with Crippen molar-refractivity contribution in [3.63, 3.8) is 0 Å². The highest BCUT2D eigenvalue weighted by Gasteiger charge is 2.27. The number of sulfonamides is 1. The molecule has 0 fully saturated rings. The van der Waals surface area contributed by atoms with Crippen LogP contribution >= 0.6 is 0 Å². The molecule has 4 aromatic carbocycles. The van der Waals surface area contributed by atoms with Gasteiger partial charge >= 0.3 is 6.09 Å². The summed E-state index contributed by atoms with van der Waals surface area (Å²) in [6.07, 6.45) is -2.49. The maximum absolute atomic E-state index is 13.9. The van der Waals surface area contributed by atoms with Crippen molar-refractivity contribution >= 4 is 33.6 Å². The van der Waals surface area contributed by atoms with Crippen molar-refractivity contribution in [3.05, 3.63) is 131 Å². The van der Waals surface area contributed by atoms with E-state index in [9.17, 15) is 33.0 Å². The lowest BCUT2D eigenvalue weighted by atomic mass is 9.99. The molecule has 264 valence electrons. The molecule has 0 aromatic heterocycles. The van der Waals surface area contributed by atoms with E-state index in [1.165, 1.54) is 32.2 Å². The van der Waals surface area contributed by atoms with Crippen molar-refractivity contribution < 1.29 is 37.8 Å². The van der Waals surface area contributed by atoms with E-state index in [4.69, 9.17) is 4.74 Å². The van der Waals surface area contributed by atoms with Gasteiger partial charge in [0, 0.05) is 17.7 Å². The highest BCUT2D eigenvalue weighted by molar-refractivity contribution is 7.92. The van der Waals surface area contributed by atoms with E-state index in [0.29, 0.717) is 11.3 Å². The smallest absolute Gasteiger partial charge is 0.407 e. The van der Waals surface area contributed by atoms with Crippen LogP contribution in [-0.2, 0) is 23.0 Å². The van der Waals surface area contributed by atoms with Crippen LogP contribution in [0.2, 0.25) is 0 Å². The zero-order valence-electron chi connectivity index (χ0n) is 28.1. The summed E-state index contributed by atoms with van der Waals surface area (Å²) >= 11 is 0. The van der Waals surface area contributed by atoms with Crippen LogP contribution in [0.3, 0.4) is 0 Å². The largest absolute Gasteiger partial charge is 0.497 e. The van der Waals surface area contributed by atoms with Crippen molar-refractivity contribution in [1.29, 1.82) is 0 Å². The van der Waals surface area contributed by atoms with Crippen molar-refractivity contribution in [2.24, 2.45) is 0 Å². The van der Waals surface area contributed by atoms with Crippen molar-refractivity contribution in [1.82, 2.24) is 15.5 Å². The lowest BCUT2D eigenvalue weighted by Gasteiger charge is -2.29. The standard InChI is InChI=1S/C37H42N4O8S/c1-4-50(47,48)40-31-21-29(35(43)38-25(2)28-15-9-6-10-16-28)20-30(22-31)36(44)39-33(19-26-12-7-5-8-13-26)34(42)24-41(37(45)46)23-27-14-11-17-32(18-27)49-3/h5-18,20-22,25,33-34,40,42H,4,19,23-24H2,1-3H3,(H,38,43)(H,39,44)(H,45,46)/t25-,33+,34-/m1/s1. The maximum atomic E-state index is 13.9. The van der Waals surface area contributed by atoms with Gasteiger partial charge in [0.05, 0.1) is 43.3 Å². The summed E-state index contributed by atoms with van der Waals surface area (Å²) in [5, 5.41) is 27.1. The third-order valence-electron chi connectivity index (χ3n) is 8.02. The van der Waals surface area contributed by atoms with Crippen LogP contribution in [0, 0.1) is 0 Å². The molecule has 13 heteroatoms. The maximum Gasteiger partial charge on any atom is 0.407 e. The molecule has 0 aliphatic carbocycles. The number of rotatable bonds is 16. The van der Waals surface area contributed by atoms with Gasteiger partial charge in [-0.15, -0.1) is 0 Å². The van der Waals surface area contributed by atoms with Crippen LogP contribution in [0.1, 0.15) is 57.3 Å². The molecule has 12 nitrogen and oxygen atoms in total. The van der Waals surface area contributed by atoms with E-state index < -0.39 is 46.1 Å². The number of nitrogens with zero attached hydrogens (tertiary/aromatic N) is 1. The number of amides is 3. The number of aliphatic hydroxyl groups excluding tert-OH is 1. The normalized spacial score (nSPS) is 13.0. The first-order chi connectivity index (χ1) is 23.9. The number of carbonyl (C=O) groups excluding carboxylic acids is 2. The first-order valence-electron chi connectivity index (χ1n) is 16.0. The fraction of sp³-hybridized carbons (Fsp3) is 0.270. The second-order valence-corrected chi connectivity index (χ2v) is 13.8. The van der Waals surface area contributed by atoms with E-state index in [0.717, 1.165) is 16.0 Å². The average Bonchev–Trinajstić information content (AvgIpc) is 3.11. The average molecular weight is 703 g/mol. The Morgan fingerprint density at radius 1 is 0.820 bits per heavy atom. The monoisotopic (exact) mass is 702 g/mol. The predicted octanol–water partition coefficient (Wildman–Crippen LogP) is 4.83. The quantitative estimate of drug-likeness (QED) is 0.110. The Morgan fingerprint density at radius 3 is 2.02 bits per heavy atom. The second-order valence-electron chi connectivity index (χ2n) is 11.8. The first kappa shape index (κ1) is 37.4. The van der Waals surface area contributed by atoms with Crippen LogP contribution in [0.5, 0.6) is 5.75 Å². The van der Waals surface area contributed by atoms with Crippen molar-refractivity contribution in [3.8, 4) is 5.75 Å². The summed E-state index contributed by atoms with van der Waals surface area (Å²) < 4.78 is 32.6. The molecule has 3 atom stereocenters. The SMILES string of the molecule is CCS(=O)(=O)Nc1cc(C(=O)N[C@@H](Cc2ccccc2)[C@H](O)CN(Cc2cccc(OC)c2)C(=O)O)cc(C(=O)N[C@H](C)c2ccccc2)c1. The topological polar surface area (TPSA) is 174 Å². The molecule has 0 unspecified atom stereocenters. The van der Waals surface area contributed by atoms with Gasteiger partial charge in [-0.2, -0.15) is 0 Å². The Balaban J connectivity index is 1.62. The molecule has 0 bridgehead atoms. The third kappa shape index (κ3) is 10.8. The summed E-state index contributed by atoms with van der Waals surface area (Å²) in [5.41, 5.74) is 2.25. The van der Waals surface area contributed by atoms with Gasteiger partial charge in [0.1, 0.15) is 5.75 Å². The lowest BCUT2D eigenvalue weighted by molar-refractivity contribution is 0.0640. The van der Waals surface area contributed by atoms with Gasteiger partial charge in [0.15, 0.2) is 0 Å². The highest BCUT2D eigenvalue weighted by atomic mass is 32.2. The van der Waals surface area contributed by atoms with Crippen LogP contribution in [0.25, 0.3) is 0 Å².